The zero-order chi connectivity index (χ0) is 11.3. The highest BCUT2D eigenvalue weighted by Crippen LogP contribution is 2.30. The Bertz CT molecular complexity index is 317. The lowest BCUT2D eigenvalue weighted by molar-refractivity contribution is 0.161. The quantitative estimate of drug-likeness (QED) is 0.865. The molecule has 3 N–H and O–H groups in total. The number of rotatable bonds is 5. The minimum atomic E-state index is -0.513. The van der Waals surface area contributed by atoms with E-state index in [9.17, 15) is 5.11 Å². The lowest BCUT2D eigenvalue weighted by Crippen LogP contribution is -2.05. The summed E-state index contributed by atoms with van der Waals surface area (Å²) in [5.41, 5.74) is 6.21. The Hall–Kier alpha value is -0.580. The molecule has 0 aliphatic heterocycles. The topological polar surface area (TPSA) is 55.5 Å². The Morgan fingerprint density at radius 1 is 1.53 bits per heavy atom. The summed E-state index contributed by atoms with van der Waals surface area (Å²) in [7, 11) is 1.60. The van der Waals surface area contributed by atoms with Gasteiger partial charge in [-0.1, -0.05) is 15.9 Å². The molecule has 84 valence electrons. The first-order valence-corrected chi connectivity index (χ1v) is 5.70. The molecule has 0 aliphatic carbocycles. The third-order valence-corrected chi connectivity index (χ3v) is 2.73. The molecule has 0 fully saturated rings. The minimum absolute atomic E-state index is 0.513. The molecule has 1 rings (SSSR count). The summed E-state index contributed by atoms with van der Waals surface area (Å²) in [4.78, 5) is 0. The van der Waals surface area contributed by atoms with E-state index in [1.807, 2.05) is 18.2 Å². The van der Waals surface area contributed by atoms with Crippen molar-refractivity contribution in [3.05, 3.63) is 28.2 Å². The predicted octanol–water partition coefficient (Wildman–Crippen LogP) is 2.23. The summed E-state index contributed by atoms with van der Waals surface area (Å²) >= 11 is 3.37. The molecular formula is C11H16BrNO2. The van der Waals surface area contributed by atoms with Gasteiger partial charge in [0, 0.05) is 10.0 Å². The predicted molar refractivity (Wildman–Crippen MR) is 63.9 cm³/mol. The first kappa shape index (κ1) is 12.5. The van der Waals surface area contributed by atoms with Crippen molar-refractivity contribution in [2.45, 2.75) is 18.9 Å². The van der Waals surface area contributed by atoms with Crippen molar-refractivity contribution in [1.29, 1.82) is 0 Å². The van der Waals surface area contributed by atoms with Gasteiger partial charge in [0.25, 0.3) is 0 Å². The first-order valence-electron chi connectivity index (χ1n) is 4.90. The van der Waals surface area contributed by atoms with Crippen LogP contribution in [0.15, 0.2) is 22.7 Å². The molecule has 0 bridgehead atoms. The monoisotopic (exact) mass is 273 g/mol. The van der Waals surface area contributed by atoms with E-state index in [-0.39, 0.29) is 0 Å². The van der Waals surface area contributed by atoms with E-state index in [1.165, 1.54) is 0 Å². The van der Waals surface area contributed by atoms with E-state index in [4.69, 9.17) is 10.5 Å². The van der Waals surface area contributed by atoms with Gasteiger partial charge < -0.3 is 15.6 Å². The van der Waals surface area contributed by atoms with Crippen LogP contribution in [-0.2, 0) is 0 Å². The fourth-order valence-electron chi connectivity index (χ4n) is 1.43. The number of aliphatic hydroxyl groups excluding tert-OH is 1. The van der Waals surface area contributed by atoms with Gasteiger partial charge in [0.2, 0.25) is 0 Å². The van der Waals surface area contributed by atoms with Crippen LogP contribution in [0.2, 0.25) is 0 Å². The Labute approximate surface area is 98.4 Å². The lowest BCUT2D eigenvalue weighted by atomic mass is 10.0. The van der Waals surface area contributed by atoms with Crippen LogP contribution < -0.4 is 10.5 Å². The fraction of sp³-hybridized carbons (Fsp3) is 0.455. The third kappa shape index (κ3) is 3.48. The molecule has 1 aromatic rings. The molecule has 0 saturated carbocycles. The maximum absolute atomic E-state index is 9.93. The van der Waals surface area contributed by atoms with Gasteiger partial charge in [-0.3, -0.25) is 0 Å². The number of nitrogens with two attached hydrogens (primary N) is 1. The zero-order valence-electron chi connectivity index (χ0n) is 8.74. The van der Waals surface area contributed by atoms with Crippen molar-refractivity contribution >= 4 is 15.9 Å². The molecule has 1 aromatic carbocycles. The van der Waals surface area contributed by atoms with E-state index in [1.54, 1.807) is 7.11 Å². The highest BCUT2D eigenvalue weighted by Gasteiger charge is 2.12. The Balaban J connectivity index is 2.85. The lowest BCUT2D eigenvalue weighted by Gasteiger charge is -2.14. The van der Waals surface area contributed by atoms with Gasteiger partial charge >= 0.3 is 0 Å². The zero-order valence-corrected chi connectivity index (χ0v) is 10.3. The summed E-state index contributed by atoms with van der Waals surface area (Å²) in [6, 6.07) is 5.60. The molecule has 0 aromatic heterocycles. The van der Waals surface area contributed by atoms with Crippen LogP contribution in [0.5, 0.6) is 5.75 Å². The molecule has 1 atom stereocenters. The van der Waals surface area contributed by atoms with Crippen LogP contribution in [0, 0.1) is 0 Å². The van der Waals surface area contributed by atoms with E-state index < -0.39 is 6.10 Å². The largest absolute Gasteiger partial charge is 0.496 e. The molecular weight excluding hydrogens is 258 g/mol. The number of ether oxygens (including phenoxy) is 1. The van der Waals surface area contributed by atoms with E-state index in [0.29, 0.717) is 18.7 Å². The fourth-order valence-corrected chi connectivity index (χ4v) is 1.81. The van der Waals surface area contributed by atoms with Crippen molar-refractivity contribution < 1.29 is 9.84 Å². The van der Waals surface area contributed by atoms with Crippen LogP contribution in [-0.4, -0.2) is 18.8 Å². The second kappa shape index (κ2) is 6.10. The van der Waals surface area contributed by atoms with Crippen LogP contribution in [0.4, 0.5) is 0 Å². The molecule has 4 heteroatoms. The molecule has 0 amide bonds. The Kier molecular flexibility index (Phi) is 5.08. The standard InChI is InChI=1S/C11H16BrNO2/c1-15-11-5-4-8(12)7-9(11)10(14)3-2-6-13/h4-5,7,10,14H,2-3,6,13H2,1H3. The van der Waals surface area contributed by atoms with Gasteiger partial charge in [-0.2, -0.15) is 0 Å². The SMILES string of the molecule is COc1ccc(Br)cc1C(O)CCCN. The van der Waals surface area contributed by atoms with Crippen LogP contribution in [0.1, 0.15) is 24.5 Å². The van der Waals surface area contributed by atoms with E-state index >= 15 is 0 Å². The normalized spacial score (nSPS) is 12.5. The number of aliphatic hydroxyl groups is 1. The summed E-state index contributed by atoms with van der Waals surface area (Å²) in [6.07, 6.45) is 0.946. The maximum Gasteiger partial charge on any atom is 0.124 e. The smallest absolute Gasteiger partial charge is 0.124 e. The molecule has 0 heterocycles. The third-order valence-electron chi connectivity index (χ3n) is 2.23. The summed E-state index contributed by atoms with van der Waals surface area (Å²) < 4.78 is 6.12. The van der Waals surface area contributed by atoms with Crippen LogP contribution >= 0.6 is 15.9 Å². The number of halogens is 1. The number of hydrogen-bond acceptors (Lipinski definition) is 3. The molecule has 0 spiro atoms. The number of benzene rings is 1. The summed E-state index contributed by atoms with van der Waals surface area (Å²) in [5.74, 6) is 0.711. The highest BCUT2D eigenvalue weighted by molar-refractivity contribution is 9.10. The van der Waals surface area contributed by atoms with Crippen molar-refractivity contribution in [1.82, 2.24) is 0 Å². The average molecular weight is 274 g/mol. The van der Waals surface area contributed by atoms with Crippen LogP contribution in [0.25, 0.3) is 0 Å². The number of methoxy groups -OCH3 is 1. The maximum atomic E-state index is 9.93. The molecule has 3 nitrogen and oxygen atoms in total. The second-order valence-corrected chi connectivity index (χ2v) is 4.25. The van der Waals surface area contributed by atoms with Crippen molar-refractivity contribution in [2.24, 2.45) is 5.73 Å². The first-order chi connectivity index (χ1) is 7.19. The Morgan fingerprint density at radius 3 is 2.87 bits per heavy atom. The van der Waals surface area contributed by atoms with Gasteiger partial charge in [-0.15, -0.1) is 0 Å². The van der Waals surface area contributed by atoms with Gasteiger partial charge in [0.05, 0.1) is 13.2 Å². The molecule has 0 aliphatic rings. The molecule has 15 heavy (non-hydrogen) atoms. The Morgan fingerprint density at radius 2 is 2.27 bits per heavy atom. The van der Waals surface area contributed by atoms with Gasteiger partial charge in [-0.25, -0.2) is 0 Å². The molecule has 1 unspecified atom stereocenters. The average Bonchev–Trinajstić information content (AvgIpc) is 2.25. The van der Waals surface area contributed by atoms with Gasteiger partial charge in [-0.05, 0) is 37.6 Å². The van der Waals surface area contributed by atoms with E-state index in [0.717, 1.165) is 16.5 Å². The second-order valence-electron chi connectivity index (χ2n) is 3.33. The van der Waals surface area contributed by atoms with Gasteiger partial charge in [0.1, 0.15) is 5.75 Å². The molecule has 0 radical (unpaired) electrons. The minimum Gasteiger partial charge on any atom is -0.496 e. The van der Waals surface area contributed by atoms with Crippen molar-refractivity contribution in [3.8, 4) is 5.75 Å². The van der Waals surface area contributed by atoms with Crippen molar-refractivity contribution in [3.63, 3.8) is 0 Å². The summed E-state index contributed by atoms with van der Waals surface area (Å²) in [5, 5.41) is 9.93. The summed E-state index contributed by atoms with van der Waals surface area (Å²) in [6.45, 7) is 0.591. The van der Waals surface area contributed by atoms with Crippen molar-refractivity contribution in [2.75, 3.05) is 13.7 Å². The number of hydrogen-bond donors (Lipinski definition) is 2. The molecule has 0 saturated heterocycles. The van der Waals surface area contributed by atoms with Gasteiger partial charge in [0.15, 0.2) is 0 Å². The van der Waals surface area contributed by atoms with E-state index in [2.05, 4.69) is 15.9 Å². The highest BCUT2D eigenvalue weighted by atomic mass is 79.9. The van der Waals surface area contributed by atoms with Crippen LogP contribution in [0.3, 0.4) is 0 Å².